The zero-order valence-corrected chi connectivity index (χ0v) is 13.4. The number of ketones is 1. The number of unbranched alkanes of at least 4 members (excludes halogenated alkanes) is 2. The number of Topliss-reactive ketones (excluding diaryl/α,β-unsaturated/α-hetero) is 1. The van der Waals surface area contributed by atoms with Crippen molar-refractivity contribution in [3.63, 3.8) is 0 Å². The predicted molar refractivity (Wildman–Crippen MR) is 81.8 cm³/mol. The number of nitrogens with zero attached hydrogens (tertiary/aromatic N) is 1. The molecule has 0 saturated heterocycles. The van der Waals surface area contributed by atoms with E-state index in [4.69, 9.17) is 0 Å². The lowest BCUT2D eigenvalue weighted by molar-refractivity contribution is -0.137. The van der Waals surface area contributed by atoms with Gasteiger partial charge in [0.2, 0.25) is 5.91 Å². The third-order valence-electron chi connectivity index (χ3n) is 3.61. The molecule has 22 heavy (non-hydrogen) atoms. The van der Waals surface area contributed by atoms with Crippen LogP contribution in [0.4, 0.5) is 0 Å². The second kappa shape index (κ2) is 8.46. The third-order valence-corrected chi connectivity index (χ3v) is 3.61. The van der Waals surface area contributed by atoms with Crippen molar-refractivity contribution < 1.29 is 19.2 Å². The summed E-state index contributed by atoms with van der Waals surface area (Å²) in [4.78, 5) is 47.1. The molecule has 0 fully saturated rings. The fourth-order valence-electron chi connectivity index (χ4n) is 2.37. The van der Waals surface area contributed by atoms with Gasteiger partial charge < -0.3 is 5.32 Å². The standard InChI is InChI=1S/C16H24N2O4/c1-11(2)16(12(3)19)17-13(20)7-5-4-6-10-18-14(21)8-9-15(18)22/h8-9,11,16H,4-7,10H2,1-3H3,(H,17,20)/t16-/m0/s1. The summed E-state index contributed by atoms with van der Waals surface area (Å²) in [5.74, 6) is -0.653. The molecule has 0 aromatic carbocycles. The molecule has 1 aliphatic rings. The molecule has 0 bridgehead atoms. The number of hydrogen-bond acceptors (Lipinski definition) is 4. The molecular weight excluding hydrogens is 284 g/mol. The molecule has 1 heterocycles. The number of imide groups is 1. The van der Waals surface area contributed by atoms with Gasteiger partial charge in [0.15, 0.2) is 5.78 Å². The maximum atomic E-state index is 11.8. The van der Waals surface area contributed by atoms with Gasteiger partial charge in [-0.05, 0) is 25.7 Å². The van der Waals surface area contributed by atoms with Crippen molar-refractivity contribution in [2.24, 2.45) is 5.92 Å². The van der Waals surface area contributed by atoms with Crippen LogP contribution in [0, 0.1) is 5.92 Å². The quantitative estimate of drug-likeness (QED) is 0.512. The number of carbonyl (C=O) groups excluding carboxylic acids is 4. The highest BCUT2D eigenvalue weighted by atomic mass is 16.2. The summed E-state index contributed by atoms with van der Waals surface area (Å²) >= 11 is 0. The molecule has 122 valence electrons. The fourth-order valence-corrected chi connectivity index (χ4v) is 2.37. The summed E-state index contributed by atoms with van der Waals surface area (Å²) in [5.41, 5.74) is 0. The summed E-state index contributed by atoms with van der Waals surface area (Å²) in [5, 5.41) is 2.74. The Bertz CT molecular complexity index is 465. The number of hydrogen-bond donors (Lipinski definition) is 1. The van der Waals surface area contributed by atoms with Crippen LogP contribution < -0.4 is 5.32 Å². The van der Waals surface area contributed by atoms with Crippen LogP contribution in [0.3, 0.4) is 0 Å². The second-order valence-electron chi connectivity index (χ2n) is 5.87. The first kappa shape index (κ1) is 18.1. The van der Waals surface area contributed by atoms with Gasteiger partial charge in [-0.25, -0.2) is 0 Å². The van der Waals surface area contributed by atoms with Crippen molar-refractivity contribution in [3.05, 3.63) is 12.2 Å². The molecule has 0 unspecified atom stereocenters. The van der Waals surface area contributed by atoms with E-state index in [-0.39, 0.29) is 29.4 Å². The summed E-state index contributed by atoms with van der Waals surface area (Å²) in [6.07, 6.45) is 4.96. The van der Waals surface area contributed by atoms with E-state index in [2.05, 4.69) is 5.32 Å². The summed E-state index contributed by atoms with van der Waals surface area (Å²) < 4.78 is 0. The summed E-state index contributed by atoms with van der Waals surface area (Å²) in [6, 6.07) is -0.432. The number of amides is 3. The first-order valence-corrected chi connectivity index (χ1v) is 7.66. The molecule has 6 nitrogen and oxygen atoms in total. The van der Waals surface area contributed by atoms with Crippen LogP contribution in [-0.4, -0.2) is 41.0 Å². The highest BCUT2D eigenvalue weighted by Gasteiger charge is 2.22. The van der Waals surface area contributed by atoms with Crippen molar-refractivity contribution in [1.82, 2.24) is 10.2 Å². The van der Waals surface area contributed by atoms with Crippen LogP contribution in [0.25, 0.3) is 0 Å². The normalized spacial score (nSPS) is 15.5. The zero-order chi connectivity index (χ0) is 16.7. The van der Waals surface area contributed by atoms with Gasteiger partial charge in [-0.3, -0.25) is 24.1 Å². The highest BCUT2D eigenvalue weighted by molar-refractivity contribution is 6.12. The van der Waals surface area contributed by atoms with Gasteiger partial charge in [0.25, 0.3) is 11.8 Å². The molecule has 0 aliphatic carbocycles. The first-order valence-electron chi connectivity index (χ1n) is 7.66. The van der Waals surface area contributed by atoms with E-state index in [0.717, 1.165) is 6.42 Å². The van der Waals surface area contributed by atoms with E-state index in [0.29, 0.717) is 25.8 Å². The van der Waals surface area contributed by atoms with E-state index in [9.17, 15) is 19.2 Å². The van der Waals surface area contributed by atoms with Gasteiger partial charge in [0, 0.05) is 25.1 Å². The highest BCUT2D eigenvalue weighted by Crippen LogP contribution is 2.08. The zero-order valence-electron chi connectivity index (χ0n) is 13.4. The van der Waals surface area contributed by atoms with Crippen LogP contribution in [0.15, 0.2) is 12.2 Å². The van der Waals surface area contributed by atoms with Crippen molar-refractivity contribution in [2.45, 2.75) is 52.5 Å². The van der Waals surface area contributed by atoms with Gasteiger partial charge in [-0.15, -0.1) is 0 Å². The first-order chi connectivity index (χ1) is 10.3. The van der Waals surface area contributed by atoms with Gasteiger partial charge in [0.05, 0.1) is 6.04 Å². The van der Waals surface area contributed by atoms with Crippen LogP contribution in [0.2, 0.25) is 0 Å². The number of nitrogens with one attached hydrogen (secondary N) is 1. The van der Waals surface area contributed by atoms with Crippen molar-refractivity contribution >= 4 is 23.5 Å². The Morgan fingerprint density at radius 3 is 2.18 bits per heavy atom. The van der Waals surface area contributed by atoms with Gasteiger partial charge in [-0.2, -0.15) is 0 Å². The SMILES string of the molecule is CC(=O)[C@@H](NC(=O)CCCCCN1C(=O)C=CC1=O)C(C)C. The molecule has 1 N–H and O–H groups in total. The van der Waals surface area contributed by atoms with E-state index in [1.807, 2.05) is 13.8 Å². The Morgan fingerprint density at radius 1 is 1.09 bits per heavy atom. The van der Waals surface area contributed by atoms with Gasteiger partial charge in [-0.1, -0.05) is 20.3 Å². The van der Waals surface area contributed by atoms with Crippen LogP contribution in [0.5, 0.6) is 0 Å². The maximum absolute atomic E-state index is 11.8. The summed E-state index contributed by atoms with van der Waals surface area (Å²) in [7, 11) is 0. The molecule has 0 radical (unpaired) electrons. The Kier molecular flexibility index (Phi) is 6.95. The van der Waals surface area contributed by atoms with Gasteiger partial charge >= 0.3 is 0 Å². The van der Waals surface area contributed by atoms with Crippen molar-refractivity contribution in [3.8, 4) is 0 Å². The van der Waals surface area contributed by atoms with E-state index < -0.39 is 6.04 Å². The lowest BCUT2D eigenvalue weighted by atomic mass is 10.0. The fraction of sp³-hybridized carbons (Fsp3) is 0.625. The van der Waals surface area contributed by atoms with Crippen molar-refractivity contribution in [1.29, 1.82) is 0 Å². The molecule has 1 atom stereocenters. The molecule has 1 aliphatic heterocycles. The lowest BCUT2D eigenvalue weighted by Crippen LogP contribution is -2.43. The van der Waals surface area contributed by atoms with Crippen LogP contribution in [-0.2, 0) is 19.2 Å². The molecular formula is C16H24N2O4. The van der Waals surface area contributed by atoms with E-state index in [1.165, 1.54) is 24.0 Å². The Hall–Kier alpha value is -1.98. The smallest absolute Gasteiger partial charge is 0.253 e. The van der Waals surface area contributed by atoms with Crippen molar-refractivity contribution in [2.75, 3.05) is 6.54 Å². The minimum Gasteiger partial charge on any atom is -0.346 e. The average Bonchev–Trinajstić information content (AvgIpc) is 2.75. The minimum atomic E-state index is -0.432. The molecule has 0 spiro atoms. The Balaban J connectivity index is 2.19. The predicted octanol–water partition coefficient (Wildman–Crippen LogP) is 1.20. The third kappa shape index (κ3) is 5.42. The summed E-state index contributed by atoms with van der Waals surface area (Å²) in [6.45, 7) is 5.65. The maximum Gasteiger partial charge on any atom is 0.253 e. The van der Waals surface area contributed by atoms with E-state index >= 15 is 0 Å². The minimum absolute atomic E-state index is 0.0399. The average molecular weight is 308 g/mol. The molecule has 6 heteroatoms. The molecule has 0 aromatic heterocycles. The monoisotopic (exact) mass is 308 g/mol. The second-order valence-corrected chi connectivity index (χ2v) is 5.87. The number of rotatable bonds is 9. The largest absolute Gasteiger partial charge is 0.346 e. The Morgan fingerprint density at radius 2 is 1.68 bits per heavy atom. The van der Waals surface area contributed by atoms with Crippen LogP contribution >= 0.6 is 0 Å². The molecule has 0 saturated carbocycles. The molecule has 3 amide bonds. The lowest BCUT2D eigenvalue weighted by Gasteiger charge is -2.19. The Labute approximate surface area is 130 Å². The number of carbonyl (C=O) groups is 4. The van der Waals surface area contributed by atoms with E-state index in [1.54, 1.807) is 0 Å². The molecule has 0 aromatic rings. The van der Waals surface area contributed by atoms with Crippen LogP contribution in [0.1, 0.15) is 46.5 Å². The molecule has 1 rings (SSSR count). The van der Waals surface area contributed by atoms with Gasteiger partial charge in [0.1, 0.15) is 0 Å². The topological polar surface area (TPSA) is 83.6 Å².